The molecule has 0 amide bonds. The number of halogens is 3. The van der Waals surface area contributed by atoms with Crippen molar-refractivity contribution in [3.05, 3.63) is 24.0 Å². The summed E-state index contributed by atoms with van der Waals surface area (Å²) >= 11 is 0. The fraction of sp³-hybridized carbons (Fsp3) is 0.333. The Balaban J connectivity index is 2.55. The number of carboxylic acid groups (broad SMARTS) is 1. The molecule has 0 aromatic carbocycles. The molecule has 1 heterocycles. The topological polar surface area (TPSA) is 62.2 Å². The van der Waals surface area contributed by atoms with E-state index in [-0.39, 0.29) is 12.1 Å². The van der Waals surface area contributed by atoms with Crippen molar-refractivity contribution in [2.45, 2.75) is 12.6 Å². The van der Waals surface area contributed by atoms with Crippen LogP contribution in [0.25, 0.3) is 0 Å². The summed E-state index contributed by atoms with van der Waals surface area (Å²) in [6, 6.07) is 2.73. The molecule has 2 N–H and O–H groups in total. The highest BCUT2D eigenvalue weighted by atomic mass is 19.4. The van der Waals surface area contributed by atoms with Gasteiger partial charge in [0.2, 0.25) is 0 Å². The van der Waals surface area contributed by atoms with E-state index in [0.29, 0.717) is 5.69 Å². The lowest BCUT2D eigenvalue weighted by atomic mass is 10.2. The van der Waals surface area contributed by atoms with E-state index in [9.17, 15) is 18.0 Å². The highest BCUT2D eigenvalue weighted by Gasteiger charge is 2.26. The van der Waals surface area contributed by atoms with E-state index in [4.69, 9.17) is 5.11 Å². The lowest BCUT2D eigenvalue weighted by Gasteiger charge is -2.09. The van der Waals surface area contributed by atoms with Gasteiger partial charge >= 0.3 is 12.1 Å². The molecule has 0 spiro atoms. The van der Waals surface area contributed by atoms with E-state index in [0.717, 1.165) is 0 Å². The standard InChI is InChI=1S/C9H9F3N2O2/c10-9(11,12)5-14-7-2-1-6(13-4-7)3-8(15)16/h1-2,4,14H,3,5H2,(H,15,16). The van der Waals surface area contributed by atoms with Gasteiger partial charge in [-0.15, -0.1) is 0 Å². The average molecular weight is 234 g/mol. The molecule has 88 valence electrons. The summed E-state index contributed by atoms with van der Waals surface area (Å²) in [6.07, 6.45) is -3.37. The molecule has 0 radical (unpaired) electrons. The van der Waals surface area contributed by atoms with Crippen LogP contribution in [0.1, 0.15) is 5.69 Å². The van der Waals surface area contributed by atoms with Crippen LogP contribution in [0.15, 0.2) is 18.3 Å². The van der Waals surface area contributed by atoms with Gasteiger partial charge in [-0.1, -0.05) is 0 Å². The molecule has 0 atom stereocenters. The lowest BCUT2D eigenvalue weighted by Crippen LogP contribution is -2.21. The van der Waals surface area contributed by atoms with Crippen LogP contribution in [-0.2, 0) is 11.2 Å². The zero-order valence-electron chi connectivity index (χ0n) is 8.08. The Hall–Kier alpha value is -1.79. The Morgan fingerprint density at radius 2 is 2.12 bits per heavy atom. The van der Waals surface area contributed by atoms with E-state index < -0.39 is 18.7 Å². The third-order valence-corrected chi connectivity index (χ3v) is 1.65. The summed E-state index contributed by atoms with van der Waals surface area (Å²) in [5.41, 5.74) is 0.497. The van der Waals surface area contributed by atoms with Crippen molar-refractivity contribution >= 4 is 11.7 Å². The summed E-state index contributed by atoms with van der Waals surface area (Å²) in [7, 11) is 0. The number of nitrogens with zero attached hydrogens (tertiary/aromatic N) is 1. The van der Waals surface area contributed by atoms with Crippen molar-refractivity contribution in [2.24, 2.45) is 0 Å². The number of aliphatic carboxylic acids is 1. The number of hydrogen-bond donors (Lipinski definition) is 2. The van der Waals surface area contributed by atoms with E-state index in [2.05, 4.69) is 10.3 Å². The van der Waals surface area contributed by atoms with Gasteiger partial charge in [-0.05, 0) is 12.1 Å². The molecule has 0 aliphatic heterocycles. The number of carboxylic acids is 1. The Morgan fingerprint density at radius 1 is 1.44 bits per heavy atom. The van der Waals surface area contributed by atoms with Crippen molar-refractivity contribution in [2.75, 3.05) is 11.9 Å². The minimum absolute atomic E-state index is 0.200. The minimum Gasteiger partial charge on any atom is -0.481 e. The van der Waals surface area contributed by atoms with Crippen molar-refractivity contribution in [1.82, 2.24) is 4.98 Å². The Kier molecular flexibility index (Phi) is 3.70. The van der Waals surface area contributed by atoms with Crippen LogP contribution in [0.4, 0.5) is 18.9 Å². The van der Waals surface area contributed by atoms with E-state index in [1.165, 1.54) is 18.3 Å². The summed E-state index contributed by atoms with van der Waals surface area (Å²) in [6.45, 7) is -1.15. The number of nitrogens with one attached hydrogen (secondary N) is 1. The molecule has 0 saturated carbocycles. The monoisotopic (exact) mass is 234 g/mol. The van der Waals surface area contributed by atoms with E-state index in [1.54, 1.807) is 0 Å². The first-order valence-electron chi connectivity index (χ1n) is 4.34. The number of alkyl halides is 3. The van der Waals surface area contributed by atoms with Gasteiger partial charge in [-0.3, -0.25) is 9.78 Å². The molecule has 0 unspecified atom stereocenters. The molecule has 1 aromatic rings. The van der Waals surface area contributed by atoms with Crippen molar-refractivity contribution in [3.63, 3.8) is 0 Å². The second-order valence-electron chi connectivity index (χ2n) is 3.08. The van der Waals surface area contributed by atoms with E-state index in [1.807, 2.05) is 0 Å². The molecule has 0 fully saturated rings. The zero-order valence-corrected chi connectivity index (χ0v) is 8.08. The second kappa shape index (κ2) is 4.82. The van der Waals surface area contributed by atoms with Crippen LogP contribution >= 0.6 is 0 Å². The highest BCUT2D eigenvalue weighted by molar-refractivity contribution is 5.69. The molecule has 0 aliphatic rings. The maximum atomic E-state index is 11.8. The first kappa shape index (κ1) is 12.3. The molecule has 0 bridgehead atoms. The number of aromatic nitrogens is 1. The van der Waals surface area contributed by atoms with Crippen LogP contribution < -0.4 is 5.32 Å². The molecule has 1 rings (SSSR count). The number of rotatable bonds is 4. The molecule has 0 aliphatic carbocycles. The molecule has 0 saturated heterocycles. The Labute approximate surface area is 89.1 Å². The normalized spacial score (nSPS) is 11.2. The number of anilines is 1. The van der Waals surface area contributed by atoms with Gasteiger partial charge in [0.1, 0.15) is 6.54 Å². The zero-order chi connectivity index (χ0) is 12.2. The minimum atomic E-state index is -4.29. The van der Waals surface area contributed by atoms with Crippen LogP contribution in [0.3, 0.4) is 0 Å². The van der Waals surface area contributed by atoms with Crippen molar-refractivity contribution in [1.29, 1.82) is 0 Å². The largest absolute Gasteiger partial charge is 0.481 e. The predicted octanol–water partition coefficient (Wildman–Crippen LogP) is 1.68. The maximum Gasteiger partial charge on any atom is 0.405 e. The summed E-state index contributed by atoms with van der Waals surface area (Å²) < 4.78 is 35.5. The molecular formula is C9H9F3N2O2. The van der Waals surface area contributed by atoms with Crippen LogP contribution in [-0.4, -0.2) is 28.8 Å². The van der Waals surface area contributed by atoms with Crippen LogP contribution in [0.5, 0.6) is 0 Å². The third-order valence-electron chi connectivity index (χ3n) is 1.65. The number of hydrogen-bond acceptors (Lipinski definition) is 3. The Bertz CT molecular complexity index is 362. The van der Waals surface area contributed by atoms with Crippen molar-refractivity contribution < 1.29 is 23.1 Å². The maximum absolute atomic E-state index is 11.8. The lowest BCUT2D eigenvalue weighted by molar-refractivity contribution is -0.136. The molecule has 4 nitrogen and oxygen atoms in total. The van der Waals surface area contributed by atoms with Crippen LogP contribution in [0, 0.1) is 0 Å². The quantitative estimate of drug-likeness (QED) is 0.832. The van der Waals surface area contributed by atoms with Gasteiger partial charge in [0.15, 0.2) is 0 Å². The van der Waals surface area contributed by atoms with Crippen LogP contribution in [0.2, 0.25) is 0 Å². The van der Waals surface area contributed by atoms with Crippen molar-refractivity contribution in [3.8, 4) is 0 Å². The fourth-order valence-electron chi connectivity index (χ4n) is 0.991. The smallest absolute Gasteiger partial charge is 0.405 e. The molecular weight excluding hydrogens is 225 g/mol. The predicted molar refractivity (Wildman–Crippen MR) is 50.1 cm³/mol. The van der Waals surface area contributed by atoms with Gasteiger partial charge in [0.05, 0.1) is 24.0 Å². The molecule has 7 heteroatoms. The third kappa shape index (κ3) is 4.63. The second-order valence-corrected chi connectivity index (χ2v) is 3.08. The van der Waals surface area contributed by atoms with Gasteiger partial charge in [0.25, 0.3) is 0 Å². The first-order chi connectivity index (χ1) is 7.37. The first-order valence-corrected chi connectivity index (χ1v) is 4.34. The van der Waals surface area contributed by atoms with Gasteiger partial charge < -0.3 is 10.4 Å². The Morgan fingerprint density at radius 3 is 2.56 bits per heavy atom. The number of carbonyl (C=O) groups is 1. The van der Waals surface area contributed by atoms with Gasteiger partial charge in [-0.2, -0.15) is 13.2 Å². The summed E-state index contributed by atoms with van der Waals surface area (Å²) in [5, 5.41) is 10.6. The summed E-state index contributed by atoms with van der Waals surface area (Å²) in [4.78, 5) is 14.0. The number of pyridine rings is 1. The SMILES string of the molecule is O=C(O)Cc1ccc(NCC(F)(F)F)cn1. The van der Waals surface area contributed by atoms with Gasteiger partial charge in [0, 0.05) is 0 Å². The van der Waals surface area contributed by atoms with E-state index >= 15 is 0 Å². The summed E-state index contributed by atoms with van der Waals surface area (Å²) in [5.74, 6) is -1.04. The molecule has 16 heavy (non-hydrogen) atoms. The highest BCUT2D eigenvalue weighted by Crippen LogP contribution is 2.16. The molecule has 1 aromatic heterocycles. The van der Waals surface area contributed by atoms with Gasteiger partial charge in [-0.25, -0.2) is 0 Å². The average Bonchev–Trinajstić information content (AvgIpc) is 2.14. The fourth-order valence-corrected chi connectivity index (χ4v) is 0.991.